The van der Waals surface area contributed by atoms with Crippen LogP contribution < -0.4 is 11.1 Å². The Bertz CT molecular complexity index is 1330. The van der Waals surface area contributed by atoms with E-state index in [0.29, 0.717) is 11.1 Å². The number of aryl methyl sites for hydroxylation is 3. The third-order valence-electron chi connectivity index (χ3n) is 5.63. The van der Waals surface area contributed by atoms with Gasteiger partial charge in [-0.2, -0.15) is 0 Å². The van der Waals surface area contributed by atoms with Gasteiger partial charge in [-0.25, -0.2) is 0 Å². The lowest BCUT2D eigenvalue weighted by Crippen LogP contribution is -2.19. The van der Waals surface area contributed by atoms with Crippen molar-refractivity contribution in [2.45, 2.75) is 27.7 Å². The highest BCUT2D eigenvalue weighted by Crippen LogP contribution is 2.43. The number of hydrogen-bond donors (Lipinski definition) is 2. The topological polar surface area (TPSA) is 72.2 Å². The lowest BCUT2D eigenvalue weighted by molar-refractivity contribution is 0.0961. The van der Waals surface area contributed by atoms with Crippen LogP contribution in [0, 0.1) is 27.7 Å². The molecule has 2 amide bonds. The maximum Gasteiger partial charge on any atom is 0.251 e. The quantitative estimate of drug-likeness (QED) is 0.478. The number of primary amides is 1. The Morgan fingerprint density at radius 2 is 1.61 bits per heavy atom. The Hall–Kier alpha value is -2.92. The minimum atomic E-state index is -0.422. The first-order chi connectivity index (χ1) is 13.2. The van der Waals surface area contributed by atoms with Gasteiger partial charge in [-0.05, 0) is 84.8 Å². The van der Waals surface area contributed by atoms with E-state index in [4.69, 9.17) is 5.73 Å². The molecule has 3 N–H and O–H groups in total. The predicted octanol–water partition coefficient (Wildman–Crippen LogP) is 4.90. The van der Waals surface area contributed by atoms with Gasteiger partial charge in [-0.1, -0.05) is 0 Å². The number of carbonyl (C=O) groups excluding carboxylic acids is 2. The standard InChI is InChI=1S/C23H22N2O2S/c1-10-6-14(22(24)26)8-18-19(10)20-13(4)12(3)15(23(27)25-5)9-16(20)17-7-11(2)28-21(17)18/h6-9H,1-5H3,(H2,24,26)(H,25,27). The fraction of sp³-hybridized carbons (Fsp3) is 0.217. The molecule has 0 aliphatic heterocycles. The molecule has 3 aromatic carbocycles. The fourth-order valence-corrected chi connectivity index (χ4v) is 5.22. The average molecular weight is 391 g/mol. The molecule has 0 saturated carbocycles. The van der Waals surface area contributed by atoms with Crippen LogP contribution in [0.2, 0.25) is 0 Å². The summed E-state index contributed by atoms with van der Waals surface area (Å²) in [7, 11) is 1.65. The summed E-state index contributed by atoms with van der Waals surface area (Å²) in [5.74, 6) is -0.502. The molecule has 4 aromatic rings. The van der Waals surface area contributed by atoms with Crippen molar-refractivity contribution in [1.82, 2.24) is 5.32 Å². The molecule has 0 aliphatic rings. The first-order valence-corrected chi connectivity index (χ1v) is 9.98. The molecule has 0 spiro atoms. The number of amides is 2. The summed E-state index contributed by atoms with van der Waals surface area (Å²) in [5, 5.41) is 8.24. The van der Waals surface area contributed by atoms with E-state index in [9.17, 15) is 9.59 Å². The van der Waals surface area contributed by atoms with E-state index in [0.717, 1.165) is 48.3 Å². The molecule has 0 radical (unpaired) electrons. The van der Waals surface area contributed by atoms with E-state index < -0.39 is 5.91 Å². The van der Waals surface area contributed by atoms with Gasteiger partial charge in [0.15, 0.2) is 0 Å². The number of benzene rings is 3. The zero-order valence-electron chi connectivity index (χ0n) is 16.6. The summed E-state index contributed by atoms with van der Waals surface area (Å²) in [4.78, 5) is 25.5. The molecule has 142 valence electrons. The molecule has 0 atom stereocenters. The highest BCUT2D eigenvalue weighted by Gasteiger charge is 2.20. The molecule has 0 saturated heterocycles. The Kier molecular flexibility index (Phi) is 4.16. The van der Waals surface area contributed by atoms with Crippen molar-refractivity contribution >= 4 is 54.8 Å². The first-order valence-electron chi connectivity index (χ1n) is 9.16. The zero-order valence-corrected chi connectivity index (χ0v) is 17.4. The fourth-order valence-electron chi connectivity index (χ4n) is 4.18. The zero-order chi connectivity index (χ0) is 20.3. The van der Waals surface area contributed by atoms with Gasteiger partial charge in [0.05, 0.1) is 0 Å². The van der Waals surface area contributed by atoms with Gasteiger partial charge in [-0.3, -0.25) is 9.59 Å². The van der Waals surface area contributed by atoms with Crippen molar-refractivity contribution in [3.05, 3.63) is 57.0 Å². The summed E-state index contributed by atoms with van der Waals surface area (Å²) in [5.41, 5.74) is 9.87. The molecule has 4 nitrogen and oxygen atoms in total. The predicted molar refractivity (Wildman–Crippen MR) is 118 cm³/mol. The van der Waals surface area contributed by atoms with Crippen LogP contribution in [-0.2, 0) is 0 Å². The molecule has 1 aromatic heterocycles. The second-order valence-corrected chi connectivity index (χ2v) is 8.61. The molecule has 1 heterocycles. The highest BCUT2D eigenvalue weighted by molar-refractivity contribution is 7.20. The molecular weight excluding hydrogens is 368 g/mol. The maximum atomic E-state index is 12.5. The Balaban J connectivity index is 2.34. The van der Waals surface area contributed by atoms with Gasteiger partial charge in [-0.15, -0.1) is 11.3 Å². The lowest BCUT2D eigenvalue weighted by Gasteiger charge is -2.17. The number of nitrogens with one attached hydrogen (secondary N) is 1. The Morgan fingerprint density at radius 3 is 2.25 bits per heavy atom. The van der Waals surface area contributed by atoms with Crippen molar-refractivity contribution in [2.24, 2.45) is 5.73 Å². The third-order valence-corrected chi connectivity index (χ3v) is 6.72. The van der Waals surface area contributed by atoms with Gasteiger partial charge < -0.3 is 11.1 Å². The van der Waals surface area contributed by atoms with Gasteiger partial charge in [0.2, 0.25) is 5.91 Å². The van der Waals surface area contributed by atoms with E-state index in [2.05, 4.69) is 25.2 Å². The van der Waals surface area contributed by atoms with Crippen LogP contribution >= 0.6 is 11.3 Å². The number of carbonyl (C=O) groups is 2. The largest absolute Gasteiger partial charge is 0.366 e. The SMILES string of the molecule is CNC(=O)c1cc2c3cc(C)sc3c3cc(C(N)=O)cc(C)c3c2c(C)c1C. The van der Waals surface area contributed by atoms with Crippen LogP contribution in [-0.4, -0.2) is 18.9 Å². The smallest absolute Gasteiger partial charge is 0.251 e. The van der Waals surface area contributed by atoms with Crippen LogP contribution in [0.4, 0.5) is 0 Å². The summed E-state index contributed by atoms with van der Waals surface area (Å²) < 4.78 is 1.12. The van der Waals surface area contributed by atoms with Gasteiger partial charge >= 0.3 is 0 Å². The van der Waals surface area contributed by atoms with Crippen molar-refractivity contribution in [3.8, 4) is 0 Å². The number of nitrogens with two attached hydrogens (primary N) is 1. The normalized spacial score (nSPS) is 11.5. The van der Waals surface area contributed by atoms with Gasteiger partial charge in [0.1, 0.15) is 0 Å². The molecular formula is C23H22N2O2S. The van der Waals surface area contributed by atoms with E-state index in [-0.39, 0.29) is 5.91 Å². The second-order valence-electron chi connectivity index (χ2n) is 7.36. The molecule has 0 unspecified atom stereocenters. The highest BCUT2D eigenvalue weighted by atomic mass is 32.1. The van der Waals surface area contributed by atoms with Gasteiger partial charge in [0.25, 0.3) is 5.91 Å². The van der Waals surface area contributed by atoms with E-state index in [1.54, 1.807) is 18.4 Å². The van der Waals surface area contributed by atoms with Crippen molar-refractivity contribution < 1.29 is 9.59 Å². The second kappa shape index (κ2) is 6.31. The summed E-state index contributed by atoms with van der Waals surface area (Å²) >= 11 is 1.70. The molecule has 0 bridgehead atoms. The van der Waals surface area contributed by atoms with E-state index in [1.165, 1.54) is 4.88 Å². The van der Waals surface area contributed by atoms with E-state index in [1.807, 2.05) is 32.0 Å². The van der Waals surface area contributed by atoms with Crippen LogP contribution in [0.15, 0.2) is 24.3 Å². The van der Waals surface area contributed by atoms with Crippen molar-refractivity contribution in [2.75, 3.05) is 7.05 Å². The van der Waals surface area contributed by atoms with Crippen molar-refractivity contribution in [1.29, 1.82) is 0 Å². The molecule has 4 rings (SSSR count). The summed E-state index contributed by atoms with van der Waals surface area (Å²) in [6.45, 7) is 8.15. The summed E-state index contributed by atoms with van der Waals surface area (Å²) in [6, 6.07) is 7.93. The number of rotatable bonds is 2. The van der Waals surface area contributed by atoms with Crippen LogP contribution in [0.3, 0.4) is 0 Å². The van der Waals surface area contributed by atoms with E-state index >= 15 is 0 Å². The Labute approximate surface area is 167 Å². The molecule has 28 heavy (non-hydrogen) atoms. The molecule has 0 aliphatic carbocycles. The number of fused-ring (bicyclic) bond motifs is 6. The lowest BCUT2D eigenvalue weighted by atomic mass is 9.88. The molecule has 5 heteroatoms. The van der Waals surface area contributed by atoms with Gasteiger partial charge in [0, 0.05) is 38.5 Å². The number of hydrogen-bond acceptors (Lipinski definition) is 3. The minimum absolute atomic E-state index is 0.0801. The van der Waals surface area contributed by atoms with Crippen LogP contribution in [0.25, 0.3) is 31.6 Å². The average Bonchev–Trinajstić information content (AvgIpc) is 3.05. The monoisotopic (exact) mass is 390 g/mol. The minimum Gasteiger partial charge on any atom is -0.366 e. The first kappa shape index (κ1) is 18.4. The third kappa shape index (κ3) is 2.50. The van der Waals surface area contributed by atoms with Crippen LogP contribution in [0.1, 0.15) is 42.3 Å². The maximum absolute atomic E-state index is 12.5. The van der Waals surface area contributed by atoms with Crippen LogP contribution in [0.5, 0.6) is 0 Å². The Morgan fingerprint density at radius 1 is 0.893 bits per heavy atom. The summed E-state index contributed by atoms with van der Waals surface area (Å²) in [6.07, 6.45) is 0. The van der Waals surface area contributed by atoms with Crippen molar-refractivity contribution in [3.63, 3.8) is 0 Å². The number of thiophene rings is 1. The molecule has 0 fully saturated rings.